The standard InChI is InChI=1S/C13H20FN3O3S.2ClH/c1-20-13-10-11(2-3-12(13)14)21(18,19)16-6-9-17-7-4-15-5-8-17;;/h2-3,10,15-16H,4-9H2,1H3;2*1H. The van der Waals surface area contributed by atoms with Gasteiger partial charge in [-0.25, -0.2) is 17.5 Å². The summed E-state index contributed by atoms with van der Waals surface area (Å²) in [4.78, 5) is 2.19. The molecule has 0 atom stereocenters. The number of rotatable bonds is 6. The summed E-state index contributed by atoms with van der Waals surface area (Å²) in [6.07, 6.45) is 0. The molecular weight excluding hydrogens is 368 g/mol. The zero-order valence-corrected chi connectivity index (χ0v) is 15.2. The summed E-state index contributed by atoms with van der Waals surface area (Å²) in [5, 5.41) is 3.24. The molecule has 1 saturated heterocycles. The maximum absolute atomic E-state index is 13.3. The number of hydrogen-bond donors (Lipinski definition) is 2. The molecule has 2 N–H and O–H groups in total. The van der Waals surface area contributed by atoms with Crippen molar-refractivity contribution in [1.82, 2.24) is 14.9 Å². The van der Waals surface area contributed by atoms with Gasteiger partial charge in [-0.1, -0.05) is 0 Å². The van der Waals surface area contributed by atoms with Gasteiger partial charge in [0, 0.05) is 45.3 Å². The van der Waals surface area contributed by atoms with Crippen LogP contribution in [-0.2, 0) is 10.0 Å². The average Bonchev–Trinajstić information content (AvgIpc) is 2.48. The Morgan fingerprint density at radius 2 is 1.96 bits per heavy atom. The van der Waals surface area contributed by atoms with Crippen LogP contribution in [0.4, 0.5) is 4.39 Å². The fourth-order valence-electron chi connectivity index (χ4n) is 2.16. The molecular formula is C13H22Cl2FN3O3S. The van der Waals surface area contributed by atoms with E-state index >= 15 is 0 Å². The molecule has 0 aliphatic carbocycles. The van der Waals surface area contributed by atoms with Gasteiger partial charge in [-0.15, -0.1) is 24.8 Å². The second-order valence-corrected chi connectivity index (χ2v) is 6.55. The highest BCUT2D eigenvalue weighted by molar-refractivity contribution is 7.89. The number of benzene rings is 1. The first kappa shape index (κ1) is 22.4. The number of halogens is 3. The number of nitrogens with zero attached hydrogens (tertiary/aromatic N) is 1. The van der Waals surface area contributed by atoms with Crippen molar-refractivity contribution >= 4 is 34.8 Å². The monoisotopic (exact) mass is 389 g/mol. The summed E-state index contributed by atoms with van der Waals surface area (Å²) < 4.78 is 44.9. The van der Waals surface area contributed by atoms with E-state index in [0.717, 1.165) is 32.2 Å². The summed E-state index contributed by atoms with van der Waals surface area (Å²) in [5.74, 6) is -0.669. The van der Waals surface area contributed by atoms with Crippen molar-refractivity contribution in [3.63, 3.8) is 0 Å². The molecule has 0 radical (unpaired) electrons. The molecule has 6 nitrogen and oxygen atoms in total. The Morgan fingerprint density at radius 1 is 1.30 bits per heavy atom. The Balaban J connectivity index is 0.00000242. The van der Waals surface area contributed by atoms with E-state index in [1.54, 1.807) is 0 Å². The number of piperazine rings is 1. The zero-order valence-electron chi connectivity index (χ0n) is 12.7. The third-order valence-electron chi connectivity index (χ3n) is 3.36. The molecule has 1 aromatic carbocycles. The molecule has 1 aromatic rings. The van der Waals surface area contributed by atoms with Gasteiger partial charge in [-0.3, -0.25) is 4.90 Å². The van der Waals surface area contributed by atoms with Crippen LogP contribution in [0.15, 0.2) is 23.1 Å². The lowest BCUT2D eigenvalue weighted by molar-refractivity contribution is 0.245. The van der Waals surface area contributed by atoms with E-state index in [1.165, 1.54) is 19.2 Å². The van der Waals surface area contributed by atoms with Gasteiger partial charge in [-0.05, 0) is 12.1 Å². The first-order chi connectivity index (χ1) is 10.0. The van der Waals surface area contributed by atoms with Crippen LogP contribution < -0.4 is 14.8 Å². The molecule has 0 bridgehead atoms. The lowest BCUT2D eigenvalue weighted by Gasteiger charge is -2.27. The predicted molar refractivity (Wildman–Crippen MR) is 91.9 cm³/mol. The van der Waals surface area contributed by atoms with Gasteiger partial charge in [-0.2, -0.15) is 0 Å². The molecule has 0 aromatic heterocycles. The fraction of sp³-hybridized carbons (Fsp3) is 0.538. The van der Waals surface area contributed by atoms with Crippen molar-refractivity contribution in [2.75, 3.05) is 46.4 Å². The van der Waals surface area contributed by atoms with Crippen molar-refractivity contribution in [2.45, 2.75) is 4.90 Å². The summed E-state index contributed by atoms with van der Waals surface area (Å²) >= 11 is 0. The summed E-state index contributed by atoms with van der Waals surface area (Å²) in [6, 6.07) is 3.50. The Morgan fingerprint density at radius 3 is 2.57 bits per heavy atom. The minimum atomic E-state index is -3.65. The van der Waals surface area contributed by atoms with Crippen LogP contribution >= 0.6 is 24.8 Å². The first-order valence-corrected chi connectivity index (χ1v) is 8.27. The fourth-order valence-corrected chi connectivity index (χ4v) is 3.20. The van der Waals surface area contributed by atoms with Gasteiger partial charge in [0.15, 0.2) is 11.6 Å². The normalized spacial score (nSPS) is 15.4. The molecule has 0 saturated carbocycles. The lowest BCUT2D eigenvalue weighted by Crippen LogP contribution is -2.46. The van der Waals surface area contributed by atoms with Crippen LogP contribution in [0.3, 0.4) is 0 Å². The maximum Gasteiger partial charge on any atom is 0.240 e. The molecule has 1 heterocycles. The Bertz CT molecular complexity index is 584. The largest absolute Gasteiger partial charge is 0.494 e. The zero-order chi connectivity index (χ0) is 15.3. The van der Waals surface area contributed by atoms with Crippen LogP contribution in [0, 0.1) is 5.82 Å². The SMILES string of the molecule is COc1cc(S(=O)(=O)NCCN2CCNCC2)ccc1F.Cl.Cl. The lowest BCUT2D eigenvalue weighted by atomic mass is 10.3. The Labute approximate surface area is 148 Å². The minimum Gasteiger partial charge on any atom is -0.494 e. The van der Waals surface area contributed by atoms with Gasteiger partial charge in [0.1, 0.15) is 0 Å². The summed E-state index contributed by atoms with van der Waals surface area (Å²) in [5.41, 5.74) is 0. The van der Waals surface area contributed by atoms with Crippen LogP contribution in [0.1, 0.15) is 0 Å². The van der Waals surface area contributed by atoms with Crippen LogP contribution in [0.25, 0.3) is 0 Å². The van der Waals surface area contributed by atoms with E-state index in [4.69, 9.17) is 4.74 Å². The van der Waals surface area contributed by atoms with E-state index in [2.05, 4.69) is 14.9 Å². The van der Waals surface area contributed by atoms with Gasteiger partial charge < -0.3 is 10.1 Å². The van der Waals surface area contributed by atoms with Crippen molar-refractivity contribution in [3.8, 4) is 5.75 Å². The highest BCUT2D eigenvalue weighted by Gasteiger charge is 2.17. The molecule has 134 valence electrons. The molecule has 0 spiro atoms. The Hall–Kier alpha value is -0.640. The molecule has 10 heteroatoms. The van der Waals surface area contributed by atoms with Crippen molar-refractivity contribution in [3.05, 3.63) is 24.0 Å². The molecule has 1 fully saturated rings. The highest BCUT2D eigenvalue weighted by Crippen LogP contribution is 2.21. The molecule has 0 unspecified atom stereocenters. The number of hydrogen-bond acceptors (Lipinski definition) is 5. The average molecular weight is 390 g/mol. The molecule has 1 aliphatic heterocycles. The second kappa shape index (κ2) is 10.3. The number of sulfonamides is 1. The molecule has 1 aliphatic rings. The predicted octanol–water partition coefficient (Wildman–Crippen LogP) is 0.861. The topological polar surface area (TPSA) is 70.7 Å². The van der Waals surface area contributed by atoms with Crippen LogP contribution in [0.2, 0.25) is 0 Å². The van der Waals surface area contributed by atoms with Gasteiger partial charge in [0.25, 0.3) is 0 Å². The molecule has 23 heavy (non-hydrogen) atoms. The number of ether oxygens (including phenoxy) is 1. The molecule has 0 amide bonds. The van der Waals surface area contributed by atoms with Gasteiger partial charge in [0.05, 0.1) is 12.0 Å². The first-order valence-electron chi connectivity index (χ1n) is 6.79. The van der Waals surface area contributed by atoms with Crippen LogP contribution in [0.5, 0.6) is 5.75 Å². The van der Waals surface area contributed by atoms with E-state index in [-0.39, 0.29) is 35.5 Å². The smallest absolute Gasteiger partial charge is 0.240 e. The Kier molecular flexibility index (Phi) is 9.99. The van der Waals surface area contributed by atoms with E-state index in [9.17, 15) is 12.8 Å². The summed E-state index contributed by atoms with van der Waals surface area (Å²) in [6.45, 7) is 4.63. The highest BCUT2D eigenvalue weighted by atomic mass is 35.5. The third-order valence-corrected chi connectivity index (χ3v) is 4.82. The van der Waals surface area contributed by atoms with E-state index < -0.39 is 15.8 Å². The summed E-state index contributed by atoms with van der Waals surface area (Å²) in [7, 11) is -2.35. The van der Waals surface area contributed by atoms with Gasteiger partial charge >= 0.3 is 0 Å². The van der Waals surface area contributed by atoms with E-state index in [0.29, 0.717) is 13.1 Å². The second-order valence-electron chi connectivity index (χ2n) is 4.79. The number of methoxy groups -OCH3 is 1. The van der Waals surface area contributed by atoms with Crippen LogP contribution in [-0.4, -0.2) is 59.7 Å². The minimum absolute atomic E-state index is 0. The van der Waals surface area contributed by atoms with Crippen molar-refractivity contribution in [2.24, 2.45) is 0 Å². The maximum atomic E-state index is 13.3. The molecule has 2 rings (SSSR count). The third kappa shape index (κ3) is 6.40. The van der Waals surface area contributed by atoms with Crippen molar-refractivity contribution in [1.29, 1.82) is 0 Å². The number of nitrogens with one attached hydrogen (secondary N) is 2. The quantitative estimate of drug-likeness (QED) is 0.754. The van der Waals surface area contributed by atoms with Crippen molar-refractivity contribution < 1.29 is 17.5 Å². The van der Waals surface area contributed by atoms with Gasteiger partial charge in [0.2, 0.25) is 10.0 Å². The van der Waals surface area contributed by atoms with E-state index in [1.807, 2.05) is 0 Å².